The van der Waals surface area contributed by atoms with Crippen LogP contribution in [0.3, 0.4) is 0 Å². The van der Waals surface area contributed by atoms with Crippen LogP contribution >= 0.6 is 11.8 Å². The van der Waals surface area contributed by atoms with Crippen molar-refractivity contribution in [2.75, 3.05) is 31.6 Å². The van der Waals surface area contributed by atoms with E-state index >= 15 is 0 Å². The summed E-state index contributed by atoms with van der Waals surface area (Å²) in [6.45, 7) is 7.38. The molecule has 0 amide bonds. The van der Waals surface area contributed by atoms with Crippen molar-refractivity contribution in [3.05, 3.63) is 11.7 Å². The van der Waals surface area contributed by atoms with Crippen molar-refractivity contribution in [1.82, 2.24) is 15.0 Å². The highest BCUT2D eigenvalue weighted by molar-refractivity contribution is 7.98. The first-order valence-corrected chi connectivity index (χ1v) is 7.89. The van der Waals surface area contributed by atoms with Crippen molar-refractivity contribution < 1.29 is 4.52 Å². The van der Waals surface area contributed by atoms with Crippen molar-refractivity contribution in [3.63, 3.8) is 0 Å². The second kappa shape index (κ2) is 8.50. The fourth-order valence-electron chi connectivity index (χ4n) is 1.69. The number of aromatic nitrogens is 2. The first kappa shape index (κ1) is 15.5. The fraction of sp³-hybridized carbons (Fsp3) is 0.833. The molecule has 0 radical (unpaired) electrons. The number of hydrogen-bond acceptors (Lipinski definition) is 6. The van der Waals surface area contributed by atoms with Gasteiger partial charge in [-0.2, -0.15) is 16.7 Å². The Hall–Kier alpha value is -0.590. The summed E-state index contributed by atoms with van der Waals surface area (Å²) >= 11 is 1.78. The van der Waals surface area contributed by atoms with E-state index in [9.17, 15) is 0 Å². The van der Waals surface area contributed by atoms with E-state index in [-0.39, 0.29) is 6.04 Å². The van der Waals surface area contributed by atoms with E-state index in [0.29, 0.717) is 5.89 Å². The van der Waals surface area contributed by atoms with E-state index in [4.69, 9.17) is 10.3 Å². The van der Waals surface area contributed by atoms with E-state index in [1.807, 2.05) is 0 Å². The summed E-state index contributed by atoms with van der Waals surface area (Å²) in [5.41, 5.74) is 5.98. The van der Waals surface area contributed by atoms with Gasteiger partial charge in [0.2, 0.25) is 5.89 Å². The van der Waals surface area contributed by atoms with Gasteiger partial charge in [-0.15, -0.1) is 0 Å². The Kier molecular flexibility index (Phi) is 7.31. The number of nitrogens with two attached hydrogens (primary N) is 1. The molecule has 104 valence electrons. The Morgan fingerprint density at radius 3 is 2.72 bits per heavy atom. The van der Waals surface area contributed by atoms with Crippen LogP contribution in [0.1, 0.15) is 38.0 Å². The van der Waals surface area contributed by atoms with E-state index in [2.05, 4.69) is 35.1 Å². The smallest absolute Gasteiger partial charge is 0.243 e. The quantitative estimate of drug-likeness (QED) is 0.738. The summed E-state index contributed by atoms with van der Waals surface area (Å²) < 4.78 is 5.21. The van der Waals surface area contributed by atoms with Crippen LogP contribution in [0.5, 0.6) is 0 Å². The Bertz CT molecular complexity index is 328. The molecule has 5 nitrogen and oxygen atoms in total. The zero-order valence-corrected chi connectivity index (χ0v) is 12.4. The second-order valence-electron chi connectivity index (χ2n) is 4.21. The Morgan fingerprint density at radius 1 is 1.39 bits per heavy atom. The molecule has 1 aromatic rings. The van der Waals surface area contributed by atoms with Crippen LogP contribution in [0, 0.1) is 0 Å². The molecular formula is C12H24N4OS. The molecule has 0 aromatic carbocycles. The van der Waals surface area contributed by atoms with Gasteiger partial charge in [-0.05, 0) is 31.5 Å². The Morgan fingerprint density at radius 2 is 2.11 bits per heavy atom. The Balaban J connectivity index is 2.42. The van der Waals surface area contributed by atoms with Gasteiger partial charge in [0.1, 0.15) is 0 Å². The maximum absolute atomic E-state index is 5.98. The number of likely N-dealkylation sites (N-methyl/N-ethyl adjacent to an activating group) is 1. The molecule has 2 N–H and O–H groups in total. The third-order valence-electron chi connectivity index (χ3n) is 2.98. The van der Waals surface area contributed by atoms with Crippen LogP contribution in [-0.2, 0) is 6.42 Å². The number of rotatable bonds is 9. The molecule has 0 bridgehead atoms. The molecule has 1 rings (SSSR count). The van der Waals surface area contributed by atoms with E-state index in [1.165, 1.54) is 0 Å². The van der Waals surface area contributed by atoms with Gasteiger partial charge < -0.3 is 15.2 Å². The summed E-state index contributed by atoms with van der Waals surface area (Å²) in [7, 11) is 0. The molecule has 0 spiro atoms. The first-order valence-electron chi connectivity index (χ1n) is 6.50. The van der Waals surface area contributed by atoms with Crippen molar-refractivity contribution in [3.8, 4) is 0 Å². The van der Waals surface area contributed by atoms with Crippen LogP contribution < -0.4 is 5.73 Å². The SMILES string of the molecule is CCN(CC)CCc1noc([C@@H](N)CCSC)n1. The van der Waals surface area contributed by atoms with Crippen molar-refractivity contribution in [2.24, 2.45) is 5.73 Å². The van der Waals surface area contributed by atoms with Crippen LogP contribution in [0.2, 0.25) is 0 Å². The lowest BCUT2D eigenvalue weighted by molar-refractivity contribution is 0.302. The largest absolute Gasteiger partial charge is 0.338 e. The minimum Gasteiger partial charge on any atom is -0.338 e. The zero-order valence-electron chi connectivity index (χ0n) is 11.6. The fourth-order valence-corrected chi connectivity index (χ4v) is 2.18. The summed E-state index contributed by atoms with van der Waals surface area (Å²) in [4.78, 5) is 6.70. The molecule has 6 heteroatoms. The highest BCUT2D eigenvalue weighted by Gasteiger charge is 2.14. The molecule has 1 aromatic heterocycles. The van der Waals surface area contributed by atoms with Crippen LogP contribution in [0.25, 0.3) is 0 Å². The maximum atomic E-state index is 5.98. The minimum absolute atomic E-state index is 0.132. The molecule has 0 saturated heterocycles. The lowest BCUT2D eigenvalue weighted by atomic mass is 10.2. The van der Waals surface area contributed by atoms with Crippen LogP contribution in [-0.4, -0.2) is 46.7 Å². The molecule has 0 aliphatic carbocycles. The highest BCUT2D eigenvalue weighted by Crippen LogP contribution is 2.14. The predicted molar refractivity (Wildman–Crippen MR) is 75.7 cm³/mol. The number of nitrogens with zero attached hydrogens (tertiary/aromatic N) is 3. The van der Waals surface area contributed by atoms with Gasteiger partial charge in [-0.3, -0.25) is 0 Å². The van der Waals surface area contributed by atoms with Gasteiger partial charge in [0, 0.05) is 13.0 Å². The molecule has 0 aliphatic rings. The molecular weight excluding hydrogens is 248 g/mol. The number of thioether (sulfide) groups is 1. The van der Waals surface area contributed by atoms with E-state index in [1.54, 1.807) is 11.8 Å². The molecule has 0 fully saturated rings. The van der Waals surface area contributed by atoms with Gasteiger partial charge >= 0.3 is 0 Å². The molecule has 0 unspecified atom stereocenters. The molecule has 18 heavy (non-hydrogen) atoms. The Labute approximate surface area is 113 Å². The first-order chi connectivity index (χ1) is 8.71. The minimum atomic E-state index is -0.132. The topological polar surface area (TPSA) is 68.2 Å². The summed E-state index contributed by atoms with van der Waals surface area (Å²) in [5.74, 6) is 2.34. The van der Waals surface area contributed by atoms with Crippen molar-refractivity contribution in [2.45, 2.75) is 32.7 Å². The molecule has 0 aliphatic heterocycles. The van der Waals surface area contributed by atoms with Crippen molar-refractivity contribution in [1.29, 1.82) is 0 Å². The maximum Gasteiger partial charge on any atom is 0.243 e. The summed E-state index contributed by atoms with van der Waals surface area (Å²) in [5, 5.41) is 3.99. The monoisotopic (exact) mass is 272 g/mol. The van der Waals surface area contributed by atoms with Gasteiger partial charge in [-0.1, -0.05) is 19.0 Å². The van der Waals surface area contributed by atoms with Gasteiger partial charge in [0.05, 0.1) is 6.04 Å². The van der Waals surface area contributed by atoms with Gasteiger partial charge in [0.15, 0.2) is 5.82 Å². The van der Waals surface area contributed by atoms with Crippen LogP contribution in [0.15, 0.2) is 4.52 Å². The molecule has 0 saturated carbocycles. The lowest BCUT2D eigenvalue weighted by Crippen LogP contribution is -2.25. The number of hydrogen-bond donors (Lipinski definition) is 1. The van der Waals surface area contributed by atoms with Gasteiger partial charge in [-0.25, -0.2) is 0 Å². The third-order valence-corrected chi connectivity index (χ3v) is 3.62. The average molecular weight is 272 g/mol. The van der Waals surface area contributed by atoms with E-state index in [0.717, 1.165) is 44.1 Å². The molecule has 1 atom stereocenters. The second-order valence-corrected chi connectivity index (χ2v) is 5.20. The zero-order chi connectivity index (χ0) is 13.4. The average Bonchev–Trinajstić information content (AvgIpc) is 2.86. The van der Waals surface area contributed by atoms with E-state index < -0.39 is 0 Å². The van der Waals surface area contributed by atoms with Crippen molar-refractivity contribution >= 4 is 11.8 Å². The standard InChI is InChI=1S/C12H24N4OS/c1-4-16(5-2)8-6-11-14-12(17-15-11)10(13)7-9-18-3/h10H,4-9,13H2,1-3H3/t10-/m0/s1. The molecule has 1 heterocycles. The predicted octanol–water partition coefficient (Wildman–Crippen LogP) is 1.71. The normalized spacial score (nSPS) is 13.2. The highest BCUT2D eigenvalue weighted by atomic mass is 32.2. The van der Waals surface area contributed by atoms with Crippen LogP contribution in [0.4, 0.5) is 0 Å². The van der Waals surface area contributed by atoms with Gasteiger partial charge in [0.25, 0.3) is 0 Å². The lowest BCUT2D eigenvalue weighted by Gasteiger charge is -2.16. The summed E-state index contributed by atoms with van der Waals surface area (Å²) in [6, 6.07) is -0.132. The summed E-state index contributed by atoms with van der Waals surface area (Å²) in [6.07, 6.45) is 3.76. The third kappa shape index (κ3) is 4.96.